The van der Waals surface area contributed by atoms with Crippen molar-refractivity contribution in [1.29, 1.82) is 0 Å². The monoisotopic (exact) mass is 739 g/mol. The van der Waals surface area contributed by atoms with E-state index in [1.54, 1.807) is 6.08 Å². The fourth-order valence-corrected chi connectivity index (χ4v) is 13.3. The highest BCUT2D eigenvalue weighted by molar-refractivity contribution is 5.94. The predicted octanol–water partition coefficient (Wildman–Crippen LogP) is 4.11. The number of aliphatic hydroxyl groups is 3. The second kappa shape index (κ2) is 14.6. The number of fused-ring (bicyclic) bond motifs is 6. The number of esters is 2. The topological polar surface area (TPSA) is 177 Å². The van der Waals surface area contributed by atoms with E-state index in [4.69, 9.17) is 14.6 Å². The van der Waals surface area contributed by atoms with Gasteiger partial charge in [0.25, 0.3) is 0 Å². The number of Topliss-reactive ketones (excluding diaryl/α,β-unsaturated/α-hetero) is 2. The molecule has 6 aliphatic rings. The van der Waals surface area contributed by atoms with Crippen LogP contribution in [0.2, 0.25) is 0 Å². The van der Waals surface area contributed by atoms with Crippen molar-refractivity contribution in [2.75, 3.05) is 20.3 Å². The van der Waals surface area contributed by atoms with Gasteiger partial charge in [-0.25, -0.2) is 4.79 Å². The summed E-state index contributed by atoms with van der Waals surface area (Å²) in [4.78, 5) is 67.1. The molecule has 6 aliphatic carbocycles. The Labute approximate surface area is 313 Å². The van der Waals surface area contributed by atoms with Gasteiger partial charge in [0.15, 0.2) is 11.6 Å². The Kier molecular flexibility index (Phi) is 11.0. The number of nitrogens with one attached hydrogen (secondary N) is 1. The Bertz CT molecular complexity index is 1570. The van der Waals surface area contributed by atoms with Crippen LogP contribution in [0.4, 0.5) is 0 Å². The zero-order valence-corrected chi connectivity index (χ0v) is 32.6. The summed E-state index contributed by atoms with van der Waals surface area (Å²) < 4.78 is 11.3. The lowest BCUT2D eigenvalue weighted by molar-refractivity contribution is -0.193. The van der Waals surface area contributed by atoms with Crippen molar-refractivity contribution in [3.63, 3.8) is 0 Å². The standard InChI is InChI=1S/C42H61NO10/c1-21-24(19-29(45)43-17-18-44)9-11-26-31(21)34(47)36(49)33-23(3)28(13-16-40(26,33)4)53-30(46)20-25-10-12-27-32(22(25)2)35(48)37(50)38-41(27,5)14-8-15-42(38,6)39(51)52-7/h19-23,26-28,31-35,38,44,47-48H,8-18H2,1-7H3,(H,43,45)/b24-19-,25-20-/t21-,22-,23+,26-,27-,28-,31-,32-,33+,34+,35+,38+,40+,41+,42-/m1/s1. The first-order valence-electron chi connectivity index (χ1n) is 20.0. The average Bonchev–Trinajstić information content (AvgIpc) is 3.11. The van der Waals surface area contributed by atoms with Crippen LogP contribution < -0.4 is 5.32 Å². The van der Waals surface area contributed by atoms with E-state index in [0.29, 0.717) is 38.5 Å². The summed E-state index contributed by atoms with van der Waals surface area (Å²) in [5.74, 6) is -4.21. The van der Waals surface area contributed by atoms with E-state index in [-0.39, 0.29) is 72.1 Å². The molecule has 0 radical (unpaired) electrons. The molecular weight excluding hydrogens is 678 g/mol. The molecule has 0 saturated heterocycles. The van der Waals surface area contributed by atoms with E-state index in [9.17, 15) is 34.2 Å². The summed E-state index contributed by atoms with van der Waals surface area (Å²) in [6.07, 6.45) is 6.22. The first-order chi connectivity index (χ1) is 25.0. The molecule has 0 bridgehead atoms. The van der Waals surface area contributed by atoms with Gasteiger partial charge in [-0.05, 0) is 92.8 Å². The predicted molar refractivity (Wildman–Crippen MR) is 194 cm³/mol. The van der Waals surface area contributed by atoms with Crippen LogP contribution in [-0.2, 0) is 33.4 Å². The second-order valence-corrected chi connectivity index (χ2v) is 18.2. The summed E-state index contributed by atoms with van der Waals surface area (Å²) in [7, 11) is 1.35. The Balaban J connectivity index is 1.16. The molecule has 6 fully saturated rings. The Morgan fingerprint density at radius 3 is 2.02 bits per heavy atom. The highest BCUT2D eigenvalue weighted by Crippen LogP contribution is 2.65. The minimum Gasteiger partial charge on any atom is -0.469 e. The first-order valence-corrected chi connectivity index (χ1v) is 20.0. The molecular formula is C42H61NO10. The van der Waals surface area contributed by atoms with E-state index in [1.807, 2.05) is 27.7 Å². The third kappa shape index (κ3) is 6.34. The number of allylic oxidation sites excluding steroid dienone is 2. The summed E-state index contributed by atoms with van der Waals surface area (Å²) in [5.41, 5.74) is -0.131. The molecule has 6 rings (SSSR count). The van der Waals surface area contributed by atoms with Gasteiger partial charge in [0.1, 0.15) is 18.3 Å². The smallest absolute Gasteiger partial charge is 0.330 e. The fraction of sp³-hybridized carbons (Fsp3) is 0.786. The van der Waals surface area contributed by atoms with Crippen molar-refractivity contribution >= 4 is 29.4 Å². The third-order valence-electron chi connectivity index (χ3n) is 15.8. The van der Waals surface area contributed by atoms with Crippen molar-refractivity contribution in [1.82, 2.24) is 5.32 Å². The van der Waals surface area contributed by atoms with Crippen molar-refractivity contribution in [3.05, 3.63) is 23.3 Å². The number of carbonyl (C=O) groups excluding carboxylic acids is 5. The molecule has 0 unspecified atom stereocenters. The quantitative estimate of drug-likeness (QED) is 0.229. The van der Waals surface area contributed by atoms with E-state index in [0.717, 1.165) is 30.4 Å². The number of hydrogen-bond acceptors (Lipinski definition) is 10. The van der Waals surface area contributed by atoms with Crippen LogP contribution in [0, 0.1) is 69.5 Å². The van der Waals surface area contributed by atoms with Crippen LogP contribution in [0.15, 0.2) is 23.3 Å². The van der Waals surface area contributed by atoms with Crippen molar-refractivity contribution in [2.24, 2.45) is 69.5 Å². The van der Waals surface area contributed by atoms with Crippen LogP contribution in [0.1, 0.15) is 99.3 Å². The molecule has 294 valence electrons. The SMILES string of the molecule is COC(=O)[C@]1(C)CCC[C@@]2(C)[C@@H]3CC/C(=C/C(=O)O[C@@H]4CC[C@@]5(C)[C@@H]6CC/C(=C/C(=O)NCCO)[C@@H](C)[C@H]6[C@H](O)C(=O)[C@@H]5[C@H]4C)[C@@H](C)[C@H]3[C@H](O)C(=O)[C@@H]21. The minimum atomic E-state index is -1.25. The van der Waals surface area contributed by atoms with Gasteiger partial charge in [-0.15, -0.1) is 0 Å². The van der Waals surface area contributed by atoms with Gasteiger partial charge in [0, 0.05) is 48.3 Å². The van der Waals surface area contributed by atoms with Gasteiger partial charge in [-0.2, -0.15) is 0 Å². The zero-order valence-electron chi connectivity index (χ0n) is 32.6. The lowest BCUT2D eigenvalue weighted by Gasteiger charge is -2.61. The molecule has 4 N–H and O–H groups in total. The molecule has 1 amide bonds. The molecule has 0 spiro atoms. The molecule has 6 saturated carbocycles. The molecule has 11 heteroatoms. The number of aliphatic hydroxyl groups excluding tert-OH is 3. The maximum atomic E-state index is 14.0. The summed E-state index contributed by atoms with van der Waals surface area (Å²) in [6.45, 7) is 12.0. The summed E-state index contributed by atoms with van der Waals surface area (Å²) >= 11 is 0. The third-order valence-corrected chi connectivity index (χ3v) is 15.8. The number of rotatable bonds is 6. The van der Waals surface area contributed by atoms with Gasteiger partial charge < -0.3 is 30.1 Å². The average molecular weight is 740 g/mol. The highest BCUT2D eigenvalue weighted by Gasteiger charge is 2.66. The number of ether oxygens (including phenoxy) is 2. The lowest BCUT2D eigenvalue weighted by atomic mass is 9.42. The molecule has 11 nitrogen and oxygen atoms in total. The first kappa shape index (κ1) is 39.8. The normalized spacial score (nSPS) is 46.8. The lowest BCUT2D eigenvalue weighted by Crippen LogP contribution is -2.65. The van der Waals surface area contributed by atoms with E-state index in [2.05, 4.69) is 19.2 Å². The van der Waals surface area contributed by atoms with Gasteiger partial charge in [-0.3, -0.25) is 19.2 Å². The van der Waals surface area contributed by atoms with Crippen LogP contribution in [0.25, 0.3) is 0 Å². The largest absolute Gasteiger partial charge is 0.469 e. The molecule has 0 aromatic rings. The number of methoxy groups -OCH3 is 1. The molecule has 0 aromatic heterocycles. The van der Waals surface area contributed by atoms with E-state index >= 15 is 0 Å². The van der Waals surface area contributed by atoms with E-state index in [1.165, 1.54) is 13.2 Å². The fourth-order valence-electron chi connectivity index (χ4n) is 13.3. The second-order valence-electron chi connectivity index (χ2n) is 18.2. The van der Waals surface area contributed by atoms with Crippen molar-refractivity contribution in [3.8, 4) is 0 Å². The van der Waals surface area contributed by atoms with Crippen LogP contribution in [-0.4, -0.2) is 83.3 Å². The van der Waals surface area contributed by atoms with Crippen molar-refractivity contribution in [2.45, 2.75) is 118 Å². The van der Waals surface area contributed by atoms with Crippen LogP contribution in [0.3, 0.4) is 0 Å². The van der Waals surface area contributed by atoms with Gasteiger partial charge in [-0.1, -0.05) is 52.2 Å². The highest BCUT2D eigenvalue weighted by atomic mass is 16.5. The van der Waals surface area contributed by atoms with E-state index < -0.39 is 58.3 Å². The van der Waals surface area contributed by atoms with Gasteiger partial charge in [0.05, 0.1) is 19.1 Å². The minimum absolute atomic E-state index is 0.00578. The summed E-state index contributed by atoms with van der Waals surface area (Å²) in [6, 6.07) is 0. The maximum absolute atomic E-state index is 14.0. The Morgan fingerprint density at radius 1 is 0.830 bits per heavy atom. The summed E-state index contributed by atoms with van der Waals surface area (Å²) in [5, 5.41) is 34.8. The van der Waals surface area contributed by atoms with Crippen LogP contribution in [0.5, 0.6) is 0 Å². The maximum Gasteiger partial charge on any atom is 0.330 e. The molecule has 15 atom stereocenters. The molecule has 53 heavy (non-hydrogen) atoms. The van der Waals surface area contributed by atoms with Crippen molar-refractivity contribution < 1.29 is 48.8 Å². The van der Waals surface area contributed by atoms with Gasteiger partial charge >= 0.3 is 11.9 Å². The molecule has 0 heterocycles. The number of carbonyl (C=O) groups is 5. The zero-order chi connectivity index (χ0) is 38.8. The number of hydrogen-bond donors (Lipinski definition) is 4. The Morgan fingerprint density at radius 2 is 1.42 bits per heavy atom. The molecule has 0 aliphatic heterocycles. The Hall–Kier alpha value is -2.89. The number of amides is 1. The van der Waals surface area contributed by atoms with Crippen LogP contribution >= 0.6 is 0 Å². The number of ketones is 2. The molecule has 0 aromatic carbocycles. The van der Waals surface area contributed by atoms with Gasteiger partial charge in [0.2, 0.25) is 5.91 Å².